The summed E-state index contributed by atoms with van der Waals surface area (Å²) in [5.74, 6) is -0.189. The second-order valence-electron chi connectivity index (χ2n) is 7.99. The first kappa shape index (κ1) is 23.9. The van der Waals surface area contributed by atoms with Crippen molar-refractivity contribution < 1.29 is 28.6 Å². The van der Waals surface area contributed by atoms with E-state index in [0.29, 0.717) is 29.4 Å². The van der Waals surface area contributed by atoms with Gasteiger partial charge in [0.25, 0.3) is 0 Å². The Kier molecular flexibility index (Phi) is 7.80. The van der Waals surface area contributed by atoms with E-state index in [0.717, 1.165) is 0 Å². The van der Waals surface area contributed by atoms with Gasteiger partial charge in [0, 0.05) is 16.7 Å². The van der Waals surface area contributed by atoms with Crippen LogP contribution in [0.4, 0.5) is 5.69 Å². The molecule has 1 N–H and O–H groups in total. The maximum Gasteiger partial charge on any atom is 0.338 e. The van der Waals surface area contributed by atoms with Crippen molar-refractivity contribution in [2.24, 2.45) is 5.41 Å². The van der Waals surface area contributed by atoms with Crippen LogP contribution in [0.15, 0.2) is 42.5 Å². The average molecular weight is 427 g/mol. The number of hydrogen-bond donors (Lipinski definition) is 1. The van der Waals surface area contributed by atoms with Crippen LogP contribution in [-0.2, 0) is 9.53 Å². The number of Topliss-reactive ketones (excluding diaryl/α,β-unsaturated/α-hetero) is 1. The fourth-order valence-corrected chi connectivity index (χ4v) is 2.63. The summed E-state index contributed by atoms with van der Waals surface area (Å²) < 4.78 is 16.0. The molecule has 0 unspecified atom stereocenters. The summed E-state index contributed by atoms with van der Waals surface area (Å²) in [7, 11) is 1.51. The lowest BCUT2D eigenvalue weighted by Crippen LogP contribution is -2.27. The molecular weight excluding hydrogens is 398 g/mol. The molecule has 0 fully saturated rings. The molecule has 0 saturated carbocycles. The van der Waals surface area contributed by atoms with E-state index in [2.05, 4.69) is 5.32 Å². The number of hydrogen-bond acceptors (Lipinski definition) is 6. The molecule has 0 heterocycles. The van der Waals surface area contributed by atoms with Crippen LogP contribution in [-0.4, -0.2) is 37.5 Å². The van der Waals surface area contributed by atoms with Gasteiger partial charge in [0.2, 0.25) is 11.7 Å². The summed E-state index contributed by atoms with van der Waals surface area (Å²) in [4.78, 5) is 37.2. The van der Waals surface area contributed by atoms with Crippen LogP contribution in [0.5, 0.6) is 11.5 Å². The second-order valence-corrected chi connectivity index (χ2v) is 7.99. The lowest BCUT2D eigenvalue weighted by molar-refractivity contribution is -0.123. The Morgan fingerprint density at radius 3 is 2.13 bits per heavy atom. The lowest BCUT2D eigenvalue weighted by Gasteiger charge is -2.18. The van der Waals surface area contributed by atoms with Crippen molar-refractivity contribution in [3.8, 4) is 11.5 Å². The first-order valence-corrected chi connectivity index (χ1v) is 10.0. The molecule has 31 heavy (non-hydrogen) atoms. The van der Waals surface area contributed by atoms with Crippen molar-refractivity contribution in [2.45, 2.75) is 40.7 Å². The smallest absolute Gasteiger partial charge is 0.338 e. The lowest BCUT2D eigenvalue weighted by atomic mass is 9.95. The molecule has 0 radical (unpaired) electrons. The quantitative estimate of drug-likeness (QED) is 0.492. The van der Waals surface area contributed by atoms with Crippen molar-refractivity contribution in [3.63, 3.8) is 0 Å². The number of carbonyl (C=O) groups excluding carboxylic acids is 3. The summed E-state index contributed by atoms with van der Waals surface area (Å²) >= 11 is 0. The SMILES string of the molecule is CCOc1cc(C(=O)O[C@H](C)C(=O)c2ccc(NC(=O)C(C)(C)C)cc2)ccc1OC. The highest BCUT2D eigenvalue weighted by atomic mass is 16.5. The number of ether oxygens (including phenoxy) is 3. The summed E-state index contributed by atoms with van der Waals surface area (Å²) in [6, 6.07) is 11.1. The zero-order valence-corrected chi connectivity index (χ0v) is 18.8. The average Bonchev–Trinajstić information content (AvgIpc) is 2.73. The molecule has 0 spiro atoms. The molecule has 0 saturated heterocycles. The van der Waals surface area contributed by atoms with Crippen LogP contribution >= 0.6 is 0 Å². The Balaban J connectivity index is 2.06. The second kappa shape index (κ2) is 10.1. The van der Waals surface area contributed by atoms with E-state index in [1.165, 1.54) is 20.1 Å². The third kappa shape index (κ3) is 6.31. The van der Waals surface area contributed by atoms with E-state index in [1.807, 2.05) is 27.7 Å². The van der Waals surface area contributed by atoms with Crippen LogP contribution in [0.1, 0.15) is 55.3 Å². The minimum Gasteiger partial charge on any atom is -0.493 e. The van der Waals surface area contributed by atoms with Crippen molar-refractivity contribution in [3.05, 3.63) is 53.6 Å². The zero-order chi connectivity index (χ0) is 23.2. The number of carbonyl (C=O) groups is 3. The monoisotopic (exact) mass is 427 g/mol. The number of rotatable bonds is 8. The molecule has 2 rings (SSSR count). The largest absolute Gasteiger partial charge is 0.493 e. The van der Waals surface area contributed by atoms with Gasteiger partial charge in [-0.1, -0.05) is 20.8 Å². The maximum absolute atomic E-state index is 12.7. The number of ketones is 1. The third-order valence-electron chi connectivity index (χ3n) is 4.46. The number of methoxy groups -OCH3 is 1. The van der Waals surface area contributed by atoms with E-state index in [1.54, 1.807) is 36.4 Å². The van der Waals surface area contributed by atoms with Gasteiger partial charge in [0.05, 0.1) is 19.3 Å². The van der Waals surface area contributed by atoms with Gasteiger partial charge >= 0.3 is 5.97 Å². The topological polar surface area (TPSA) is 90.9 Å². The summed E-state index contributed by atoms with van der Waals surface area (Å²) in [6.07, 6.45) is -0.986. The van der Waals surface area contributed by atoms with Crippen LogP contribution in [0, 0.1) is 5.41 Å². The van der Waals surface area contributed by atoms with Crippen molar-refractivity contribution in [2.75, 3.05) is 19.0 Å². The number of amides is 1. The summed E-state index contributed by atoms with van der Waals surface area (Å²) in [5.41, 5.74) is 0.687. The molecular formula is C24H29NO6. The van der Waals surface area contributed by atoms with E-state index in [9.17, 15) is 14.4 Å². The van der Waals surface area contributed by atoms with Gasteiger partial charge in [-0.15, -0.1) is 0 Å². The fraction of sp³-hybridized carbons (Fsp3) is 0.375. The fourth-order valence-electron chi connectivity index (χ4n) is 2.63. The molecule has 7 nitrogen and oxygen atoms in total. The summed E-state index contributed by atoms with van der Waals surface area (Å²) in [5, 5.41) is 2.80. The Bertz CT molecular complexity index is 944. The molecule has 0 aromatic heterocycles. The van der Waals surface area contributed by atoms with Crippen molar-refractivity contribution >= 4 is 23.3 Å². The van der Waals surface area contributed by atoms with Crippen LogP contribution in [0.3, 0.4) is 0 Å². The minimum absolute atomic E-state index is 0.125. The number of anilines is 1. The van der Waals surface area contributed by atoms with Crippen LogP contribution in [0.25, 0.3) is 0 Å². The molecule has 2 aromatic carbocycles. The van der Waals surface area contributed by atoms with Gasteiger partial charge in [-0.2, -0.15) is 0 Å². The highest BCUT2D eigenvalue weighted by Crippen LogP contribution is 2.28. The molecule has 0 aliphatic carbocycles. The van der Waals surface area contributed by atoms with Crippen LogP contribution in [0.2, 0.25) is 0 Å². The van der Waals surface area contributed by atoms with Gasteiger partial charge in [0.15, 0.2) is 17.6 Å². The van der Waals surface area contributed by atoms with Gasteiger partial charge < -0.3 is 19.5 Å². The Labute approximate surface area is 182 Å². The maximum atomic E-state index is 12.7. The first-order chi connectivity index (χ1) is 14.6. The van der Waals surface area contributed by atoms with Gasteiger partial charge in [-0.05, 0) is 56.3 Å². The van der Waals surface area contributed by atoms with Gasteiger partial charge in [0.1, 0.15) is 0 Å². The highest BCUT2D eigenvalue weighted by molar-refractivity contribution is 6.02. The Morgan fingerprint density at radius 2 is 1.58 bits per heavy atom. The highest BCUT2D eigenvalue weighted by Gasteiger charge is 2.23. The predicted octanol–water partition coefficient (Wildman–Crippen LogP) is 4.51. The molecule has 0 aliphatic rings. The molecule has 2 aromatic rings. The van der Waals surface area contributed by atoms with Crippen molar-refractivity contribution in [1.82, 2.24) is 0 Å². The predicted molar refractivity (Wildman–Crippen MR) is 118 cm³/mol. The molecule has 1 amide bonds. The molecule has 0 aliphatic heterocycles. The molecule has 1 atom stereocenters. The first-order valence-electron chi connectivity index (χ1n) is 10.0. The number of nitrogens with one attached hydrogen (secondary N) is 1. The zero-order valence-electron chi connectivity index (χ0n) is 18.8. The molecule has 166 valence electrons. The van der Waals surface area contributed by atoms with Crippen molar-refractivity contribution in [1.29, 1.82) is 0 Å². The molecule has 0 bridgehead atoms. The number of benzene rings is 2. The standard InChI is InChI=1S/C24H29NO6/c1-7-30-20-14-17(10-13-19(20)29-6)22(27)31-15(2)21(26)16-8-11-18(12-9-16)25-23(28)24(3,4)5/h8-15H,7H2,1-6H3,(H,25,28)/t15-/m1/s1. The molecule has 7 heteroatoms. The third-order valence-corrected chi connectivity index (χ3v) is 4.46. The van der Waals surface area contributed by atoms with Crippen LogP contribution < -0.4 is 14.8 Å². The normalized spacial score (nSPS) is 11.9. The van der Waals surface area contributed by atoms with Gasteiger partial charge in [-0.25, -0.2) is 4.79 Å². The van der Waals surface area contributed by atoms with Gasteiger partial charge in [-0.3, -0.25) is 9.59 Å². The van der Waals surface area contributed by atoms with E-state index >= 15 is 0 Å². The van der Waals surface area contributed by atoms with E-state index in [4.69, 9.17) is 14.2 Å². The Morgan fingerprint density at radius 1 is 0.968 bits per heavy atom. The summed E-state index contributed by atoms with van der Waals surface area (Å²) in [6.45, 7) is 9.20. The van der Waals surface area contributed by atoms with E-state index in [-0.39, 0.29) is 17.3 Å². The number of esters is 1. The Hall–Kier alpha value is -3.35. The minimum atomic E-state index is -0.986. The van der Waals surface area contributed by atoms with E-state index < -0.39 is 17.5 Å².